The molecule has 0 bridgehead atoms. The van der Waals surface area contributed by atoms with Crippen LogP contribution in [0, 0.1) is 5.92 Å². The molecule has 1 aromatic carbocycles. The summed E-state index contributed by atoms with van der Waals surface area (Å²) in [6.45, 7) is 9.10. The molecule has 0 radical (unpaired) electrons. The van der Waals surface area contributed by atoms with Gasteiger partial charge in [-0.05, 0) is 35.8 Å². The van der Waals surface area contributed by atoms with E-state index in [1.54, 1.807) is 0 Å². The standard InChI is InChI=1S/C16H25Br/c1-5-6-16(17)13(4)15-9-7-14(8-10-15)11-12(2)3/h7-10,12-13,16H,5-6,11H2,1-4H3. The van der Waals surface area contributed by atoms with Crippen LogP contribution in [0.5, 0.6) is 0 Å². The minimum absolute atomic E-state index is 0.600. The van der Waals surface area contributed by atoms with E-state index in [0.717, 1.165) is 5.92 Å². The maximum absolute atomic E-state index is 3.80. The zero-order valence-electron chi connectivity index (χ0n) is 11.5. The quantitative estimate of drug-likeness (QED) is 0.604. The molecule has 0 saturated heterocycles. The van der Waals surface area contributed by atoms with Gasteiger partial charge in [0.25, 0.3) is 0 Å². The lowest BCUT2D eigenvalue weighted by atomic mass is 9.93. The second-order valence-corrected chi connectivity index (χ2v) is 6.61. The van der Waals surface area contributed by atoms with E-state index in [1.807, 2.05) is 0 Å². The zero-order valence-corrected chi connectivity index (χ0v) is 13.1. The fourth-order valence-corrected chi connectivity index (χ4v) is 2.93. The predicted octanol–water partition coefficient (Wildman–Crippen LogP) is 5.55. The van der Waals surface area contributed by atoms with Crippen LogP contribution in [0.1, 0.15) is 57.6 Å². The molecular weight excluding hydrogens is 272 g/mol. The van der Waals surface area contributed by atoms with Crippen LogP contribution >= 0.6 is 15.9 Å². The number of hydrogen-bond donors (Lipinski definition) is 0. The summed E-state index contributed by atoms with van der Waals surface area (Å²) >= 11 is 3.80. The van der Waals surface area contributed by atoms with Gasteiger partial charge in [0, 0.05) is 4.83 Å². The first-order chi connectivity index (χ1) is 8.04. The Labute approximate surface area is 115 Å². The molecule has 0 N–H and O–H groups in total. The van der Waals surface area contributed by atoms with Crippen molar-refractivity contribution in [1.29, 1.82) is 0 Å². The molecule has 0 saturated carbocycles. The van der Waals surface area contributed by atoms with Crippen LogP contribution in [-0.4, -0.2) is 4.83 Å². The van der Waals surface area contributed by atoms with Crippen molar-refractivity contribution in [2.45, 2.75) is 57.7 Å². The first kappa shape index (κ1) is 14.8. The number of benzene rings is 1. The predicted molar refractivity (Wildman–Crippen MR) is 81.0 cm³/mol. The lowest BCUT2D eigenvalue weighted by molar-refractivity contribution is 0.641. The molecule has 0 nitrogen and oxygen atoms in total. The fourth-order valence-electron chi connectivity index (χ4n) is 2.16. The smallest absolute Gasteiger partial charge is 0.0211 e. The summed E-state index contributed by atoms with van der Waals surface area (Å²) in [7, 11) is 0. The van der Waals surface area contributed by atoms with Crippen molar-refractivity contribution in [3.8, 4) is 0 Å². The normalized spacial score (nSPS) is 14.9. The van der Waals surface area contributed by atoms with Crippen LogP contribution in [0.2, 0.25) is 0 Å². The summed E-state index contributed by atoms with van der Waals surface area (Å²) < 4.78 is 0. The van der Waals surface area contributed by atoms with E-state index in [0.29, 0.717) is 10.7 Å². The van der Waals surface area contributed by atoms with Gasteiger partial charge in [0.1, 0.15) is 0 Å². The average Bonchev–Trinajstić information content (AvgIpc) is 2.28. The van der Waals surface area contributed by atoms with Gasteiger partial charge in [-0.2, -0.15) is 0 Å². The zero-order chi connectivity index (χ0) is 12.8. The summed E-state index contributed by atoms with van der Waals surface area (Å²) in [6.07, 6.45) is 3.67. The van der Waals surface area contributed by atoms with Crippen molar-refractivity contribution in [1.82, 2.24) is 0 Å². The van der Waals surface area contributed by atoms with E-state index in [2.05, 4.69) is 67.9 Å². The molecule has 0 aromatic heterocycles. The van der Waals surface area contributed by atoms with Crippen LogP contribution in [0.25, 0.3) is 0 Å². The monoisotopic (exact) mass is 296 g/mol. The molecule has 0 fully saturated rings. The third kappa shape index (κ3) is 4.83. The highest BCUT2D eigenvalue weighted by Gasteiger charge is 2.14. The van der Waals surface area contributed by atoms with Crippen LogP contribution < -0.4 is 0 Å². The van der Waals surface area contributed by atoms with E-state index >= 15 is 0 Å². The molecule has 2 atom stereocenters. The summed E-state index contributed by atoms with van der Waals surface area (Å²) in [4.78, 5) is 0.600. The molecule has 1 aromatic rings. The Morgan fingerprint density at radius 3 is 2.12 bits per heavy atom. The maximum Gasteiger partial charge on any atom is 0.0211 e. The summed E-state index contributed by atoms with van der Waals surface area (Å²) in [5.74, 6) is 1.34. The Hall–Kier alpha value is -0.300. The molecule has 0 amide bonds. The minimum atomic E-state index is 0.600. The Balaban J connectivity index is 2.66. The van der Waals surface area contributed by atoms with Crippen LogP contribution in [-0.2, 0) is 6.42 Å². The first-order valence-electron chi connectivity index (χ1n) is 6.77. The van der Waals surface area contributed by atoms with Gasteiger partial charge in [-0.25, -0.2) is 0 Å². The van der Waals surface area contributed by atoms with Crippen LogP contribution in [0.15, 0.2) is 24.3 Å². The van der Waals surface area contributed by atoms with E-state index in [-0.39, 0.29) is 0 Å². The van der Waals surface area contributed by atoms with E-state index in [4.69, 9.17) is 0 Å². The fraction of sp³-hybridized carbons (Fsp3) is 0.625. The van der Waals surface area contributed by atoms with Gasteiger partial charge < -0.3 is 0 Å². The average molecular weight is 297 g/mol. The lowest BCUT2D eigenvalue weighted by Crippen LogP contribution is -2.08. The largest absolute Gasteiger partial charge is 0.0884 e. The molecule has 1 rings (SSSR count). The molecule has 0 spiro atoms. The SMILES string of the molecule is CCCC(Br)C(C)c1ccc(CC(C)C)cc1. The Morgan fingerprint density at radius 2 is 1.65 bits per heavy atom. The van der Waals surface area contributed by atoms with Gasteiger partial charge in [-0.1, -0.05) is 74.3 Å². The molecule has 1 heteroatoms. The number of alkyl halides is 1. The molecular formula is C16H25Br. The number of rotatable bonds is 6. The molecule has 0 aliphatic carbocycles. The topological polar surface area (TPSA) is 0 Å². The van der Waals surface area contributed by atoms with Crippen LogP contribution in [0.4, 0.5) is 0 Å². The van der Waals surface area contributed by atoms with Crippen molar-refractivity contribution >= 4 is 15.9 Å². The van der Waals surface area contributed by atoms with Gasteiger partial charge in [-0.15, -0.1) is 0 Å². The van der Waals surface area contributed by atoms with Crippen LogP contribution in [0.3, 0.4) is 0 Å². The molecule has 2 unspecified atom stereocenters. The molecule has 96 valence electrons. The van der Waals surface area contributed by atoms with Crippen molar-refractivity contribution in [3.63, 3.8) is 0 Å². The van der Waals surface area contributed by atoms with Gasteiger partial charge >= 0.3 is 0 Å². The Kier molecular flexibility index (Phi) is 6.26. The van der Waals surface area contributed by atoms with E-state index in [1.165, 1.54) is 30.4 Å². The minimum Gasteiger partial charge on any atom is -0.0884 e. The Bertz CT molecular complexity index is 313. The highest BCUT2D eigenvalue weighted by Crippen LogP contribution is 2.28. The van der Waals surface area contributed by atoms with Gasteiger partial charge in [0.15, 0.2) is 0 Å². The van der Waals surface area contributed by atoms with Gasteiger partial charge in [0.2, 0.25) is 0 Å². The highest BCUT2D eigenvalue weighted by atomic mass is 79.9. The molecule has 0 aliphatic heterocycles. The van der Waals surface area contributed by atoms with Gasteiger partial charge in [-0.3, -0.25) is 0 Å². The maximum atomic E-state index is 3.80. The third-order valence-electron chi connectivity index (χ3n) is 3.26. The number of hydrogen-bond acceptors (Lipinski definition) is 0. The first-order valence-corrected chi connectivity index (χ1v) is 7.69. The third-order valence-corrected chi connectivity index (χ3v) is 4.51. The Morgan fingerprint density at radius 1 is 1.06 bits per heavy atom. The molecule has 17 heavy (non-hydrogen) atoms. The molecule has 0 heterocycles. The summed E-state index contributed by atoms with van der Waals surface area (Å²) in [6, 6.07) is 9.17. The summed E-state index contributed by atoms with van der Waals surface area (Å²) in [5.41, 5.74) is 2.91. The lowest BCUT2D eigenvalue weighted by Gasteiger charge is -2.18. The van der Waals surface area contributed by atoms with E-state index < -0.39 is 0 Å². The van der Waals surface area contributed by atoms with Crippen molar-refractivity contribution < 1.29 is 0 Å². The van der Waals surface area contributed by atoms with Gasteiger partial charge in [0.05, 0.1) is 0 Å². The highest BCUT2D eigenvalue weighted by molar-refractivity contribution is 9.09. The second kappa shape index (κ2) is 7.20. The second-order valence-electron chi connectivity index (χ2n) is 5.43. The van der Waals surface area contributed by atoms with E-state index in [9.17, 15) is 0 Å². The van der Waals surface area contributed by atoms with Crippen molar-refractivity contribution in [2.75, 3.05) is 0 Å². The van der Waals surface area contributed by atoms with Crippen molar-refractivity contribution in [3.05, 3.63) is 35.4 Å². The summed E-state index contributed by atoms with van der Waals surface area (Å²) in [5, 5.41) is 0. The van der Waals surface area contributed by atoms with Crippen molar-refractivity contribution in [2.24, 2.45) is 5.92 Å². The molecule has 0 aliphatic rings. The number of halogens is 1.